The number of piperazine rings is 2. The standard InChI is InChI=1S/C18H25N3O3/c1-18(2,23)7-6-15-4-5-16(24-15)17(22)21-11-10-20-9-8-19(3)12-14(20)13-21/h4-5,14,23H,8-13H2,1-3H3/t14-/m0/s1. The predicted molar refractivity (Wildman–Crippen MR) is 90.6 cm³/mol. The van der Waals surface area contributed by atoms with Gasteiger partial charge in [-0.05, 0) is 38.9 Å². The molecular formula is C18H25N3O3. The normalized spacial score (nSPS) is 22.7. The van der Waals surface area contributed by atoms with Crippen LogP contribution < -0.4 is 0 Å². The number of likely N-dealkylation sites (N-methyl/N-ethyl adjacent to an activating group) is 1. The maximum Gasteiger partial charge on any atom is 0.289 e. The van der Waals surface area contributed by atoms with Crippen LogP contribution in [0.3, 0.4) is 0 Å². The fourth-order valence-electron chi connectivity index (χ4n) is 3.19. The molecule has 6 nitrogen and oxygen atoms in total. The van der Waals surface area contributed by atoms with Crippen molar-refractivity contribution >= 4 is 5.91 Å². The number of furan rings is 1. The summed E-state index contributed by atoms with van der Waals surface area (Å²) in [6.07, 6.45) is 0. The molecule has 1 atom stereocenters. The lowest BCUT2D eigenvalue weighted by Crippen LogP contribution is -2.62. The lowest BCUT2D eigenvalue weighted by atomic mass is 10.1. The fraction of sp³-hybridized carbons (Fsp3) is 0.611. The molecule has 1 aromatic rings. The third kappa shape index (κ3) is 3.99. The van der Waals surface area contributed by atoms with Gasteiger partial charge in [-0.3, -0.25) is 9.69 Å². The monoisotopic (exact) mass is 331 g/mol. The number of aliphatic hydroxyl groups is 1. The minimum absolute atomic E-state index is 0.0841. The van der Waals surface area contributed by atoms with Crippen LogP contribution in [0, 0.1) is 11.8 Å². The van der Waals surface area contributed by atoms with Crippen molar-refractivity contribution in [2.24, 2.45) is 0 Å². The first-order chi connectivity index (χ1) is 11.3. The van der Waals surface area contributed by atoms with Gasteiger partial charge in [0.1, 0.15) is 5.60 Å². The Hall–Kier alpha value is -1.81. The number of hydrogen-bond acceptors (Lipinski definition) is 5. The van der Waals surface area contributed by atoms with Crippen LogP contribution in [-0.4, -0.2) is 83.7 Å². The molecule has 0 spiro atoms. The van der Waals surface area contributed by atoms with E-state index in [0.29, 0.717) is 17.6 Å². The van der Waals surface area contributed by atoms with E-state index in [4.69, 9.17) is 4.42 Å². The molecular weight excluding hydrogens is 306 g/mol. The smallest absolute Gasteiger partial charge is 0.289 e. The van der Waals surface area contributed by atoms with Gasteiger partial charge in [-0.2, -0.15) is 0 Å². The summed E-state index contributed by atoms with van der Waals surface area (Å²) < 4.78 is 5.55. The van der Waals surface area contributed by atoms with Gasteiger partial charge in [0.2, 0.25) is 0 Å². The van der Waals surface area contributed by atoms with Gasteiger partial charge in [-0.15, -0.1) is 0 Å². The van der Waals surface area contributed by atoms with Crippen molar-refractivity contribution < 1.29 is 14.3 Å². The van der Waals surface area contributed by atoms with Crippen molar-refractivity contribution in [3.05, 3.63) is 23.7 Å². The Balaban J connectivity index is 1.66. The van der Waals surface area contributed by atoms with E-state index in [1.54, 1.807) is 26.0 Å². The number of amides is 1. The minimum atomic E-state index is -1.08. The van der Waals surface area contributed by atoms with E-state index in [1.165, 1.54) is 0 Å². The van der Waals surface area contributed by atoms with E-state index < -0.39 is 5.60 Å². The molecule has 0 aliphatic carbocycles. The average Bonchev–Trinajstić information content (AvgIpc) is 3.00. The molecule has 24 heavy (non-hydrogen) atoms. The Labute approximate surface area is 143 Å². The highest BCUT2D eigenvalue weighted by Gasteiger charge is 2.33. The highest BCUT2D eigenvalue weighted by atomic mass is 16.4. The Kier molecular flexibility index (Phi) is 4.68. The zero-order chi connectivity index (χ0) is 17.3. The molecule has 1 amide bonds. The lowest BCUT2D eigenvalue weighted by molar-refractivity contribution is 0.0175. The molecule has 1 N–H and O–H groups in total. The summed E-state index contributed by atoms with van der Waals surface area (Å²) in [5, 5.41) is 9.63. The quantitative estimate of drug-likeness (QED) is 0.758. The lowest BCUT2D eigenvalue weighted by Gasteiger charge is -2.46. The van der Waals surface area contributed by atoms with E-state index in [0.717, 1.165) is 39.3 Å². The van der Waals surface area contributed by atoms with Crippen molar-refractivity contribution in [3.8, 4) is 11.8 Å². The number of carbonyl (C=O) groups is 1. The second kappa shape index (κ2) is 6.60. The zero-order valence-electron chi connectivity index (χ0n) is 14.6. The van der Waals surface area contributed by atoms with Crippen molar-refractivity contribution in [2.75, 3.05) is 46.3 Å². The van der Waals surface area contributed by atoms with Crippen molar-refractivity contribution in [1.29, 1.82) is 0 Å². The van der Waals surface area contributed by atoms with Gasteiger partial charge in [0, 0.05) is 45.3 Å². The third-order valence-electron chi connectivity index (χ3n) is 4.49. The summed E-state index contributed by atoms with van der Waals surface area (Å²) in [5.41, 5.74) is -1.08. The highest BCUT2D eigenvalue weighted by Crippen LogP contribution is 2.18. The average molecular weight is 331 g/mol. The first kappa shape index (κ1) is 17.0. The number of hydrogen-bond donors (Lipinski definition) is 1. The molecule has 3 heterocycles. The molecule has 2 aliphatic rings. The van der Waals surface area contributed by atoms with Crippen LogP contribution in [0.2, 0.25) is 0 Å². The first-order valence-corrected chi connectivity index (χ1v) is 8.39. The van der Waals surface area contributed by atoms with Gasteiger partial charge in [-0.1, -0.05) is 5.92 Å². The van der Waals surface area contributed by atoms with Crippen LogP contribution in [-0.2, 0) is 0 Å². The van der Waals surface area contributed by atoms with Crippen molar-refractivity contribution in [1.82, 2.24) is 14.7 Å². The Morgan fingerprint density at radius 3 is 2.75 bits per heavy atom. The molecule has 2 fully saturated rings. The topological polar surface area (TPSA) is 60.2 Å². The SMILES string of the molecule is CN1CCN2CCN(C(=O)c3ccc(C#CC(C)(C)O)o3)C[C@@H]2C1. The molecule has 130 valence electrons. The number of nitrogens with zero attached hydrogens (tertiary/aromatic N) is 3. The summed E-state index contributed by atoms with van der Waals surface area (Å²) in [6.45, 7) is 8.73. The molecule has 0 saturated carbocycles. The van der Waals surface area contributed by atoms with E-state index in [9.17, 15) is 9.90 Å². The second-order valence-corrected chi connectivity index (χ2v) is 7.18. The molecule has 0 aromatic carbocycles. The molecule has 1 aromatic heterocycles. The Morgan fingerprint density at radius 1 is 1.25 bits per heavy atom. The van der Waals surface area contributed by atoms with Crippen LogP contribution in [0.1, 0.15) is 30.2 Å². The highest BCUT2D eigenvalue weighted by molar-refractivity contribution is 5.91. The van der Waals surface area contributed by atoms with E-state index in [2.05, 4.69) is 28.7 Å². The maximum absolute atomic E-state index is 12.7. The summed E-state index contributed by atoms with van der Waals surface area (Å²) in [5.74, 6) is 6.08. The van der Waals surface area contributed by atoms with Crippen LogP contribution in [0.4, 0.5) is 0 Å². The summed E-state index contributed by atoms with van der Waals surface area (Å²) in [7, 11) is 2.12. The van der Waals surface area contributed by atoms with Crippen LogP contribution in [0.15, 0.2) is 16.5 Å². The number of carbonyl (C=O) groups excluding carboxylic acids is 1. The largest absolute Gasteiger partial charge is 0.443 e. The third-order valence-corrected chi connectivity index (χ3v) is 4.49. The molecule has 2 aliphatic heterocycles. The van der Waals surface area contributed by atoms with Gasteiger partial charge in [0.15, 0.2) is 11.5 Å². The van der Waals surface area contributed by atoms with Gasteiger partial charge < -0.3 is 19.3 Å². The van der Waals surface area contributed by atoms with Crippen molar-refractivity contribution in [2.45, 2.75) is 25.5 Å². The van der Waals surface area contributed by atoms with E-state index in [-0.39, 0.29) is 5.91 Å². The summed E-state index contributed by atoms with van der Waals surface area (Å²) >= 11 is 0. The molecule has 2 saturated heterocycles. The Morgan fingerprint density at radius 2 is 2.00 bits per heavy atom. The Bertz CT molecular complexity index is 665. The summed E-state index contributed by atoms with van der Waals surface area (Å²) in [4.78, 5) is 19.3. The van der Waals surface area contributed by atoms with Crippen LogP contribution in [0.25, 0.3) is 0 Å². The van der Waals surface area contributed by atoms with E-state index in [1.807, 2.05) is 4.90 Å². The number of rotatable bonds is 1. The van der Waals surface area contributed by atoms with Crippen molar-refractivity contribution in [3.63, 3.8) is 0 Å². The van der Waals surface area contributed by atoms with E-state index >= 15 is 0 Å². The van der Waals surface area contributed by atoms with Gasteiger partial charge in [-0.25, -0.2) is 0 Å². The van der Waals surface area contributed by atoms with Gasteiger partial charge >= 0.3 is 0 Å². The molecule has 0 bridgehead atoms. The first-order valence-electron chi connectivity index (χ1n) is 8.39. The minimum Gasteiger partial charge on any atom is -0.443 e. The van der Waals surface area contributed by atoms with Gasteiger partial charge in [0.25, 0.3) is 5.91 Å². The second-order valence-electron chi connectivity index (χ2n) is 7.18. The molecule has 3 rings (SSSR count). The van der Waals surface area contributed by atoms with Gasteiger partial charge in [0.05, 0.1) is 0 Å². The van der Waals surface area contributed by atoms with Crippen LogP contribution >= 0.6 is 0 Å². The maximum atomic E-state index is 12.7. The molecule has 0 unspecified atom stereocenters. The number of fused-ring (bicyclic) bond motifs is 1. The molecule has 6 heteroatoms. The van der Waals surface area contributed by atoms with Crippen LogP contribution in [0.5, 0.6) is 0 Å². The fourth-order valence-corrected chi connectivity index (χ4v) is 3.19. The predicted octanol–water partition coefficient (Wildman–Crippen LogP) is 0.474. The summed E-state index contributed by atoms with van der Waals surface area (Å²) in [6, 6.07) is 3.73. The zero-order valence-corrected chi connectivity index (χ0v) is 14.6. The molecule has 0 radical (unpaired) electrons.